The monoisotopic (exact) mass is 349 g/mol. The number of piperazine rings is 1. The molecule has 1 fully saturated rings. The molecule has 2 heterocycles. The van der Waals surface area contributed by atoms with Crippen LogP contribution in [0.25, 0.3) is 0 Å². The highest BCUT2D eigenvalue weighted by atomic mass is 32.1. The zero-order valence-corrected chi connectivity index (χ0v) is 14.6. The largest absolute Gasteiger partial charge is 0.368 e. The van der Waals surface area contributed by atoms with Crippen molar-refractivity contribution in [3.05, 3.63) is 34.6 Å². The summed E-state index contributed by atoms with van der Waals surface area (Å²) >= 11 is 1.33. The molecular weight excluding hydrogens is 329 g/mol. The van der Waals surface area contributed by atoms with E-state index in [1.54, 1.807) is 6.07 Å². The minimum absolute atomic E-state index is 0.327. The average Bonchev–Trinajstić information content (AvgIpc) is 3.03. The summed E-state index contributed by atoms with van der Waals surface area (Å²) in [7, 11) is 2.07. The highest BCUT2D eigenvalue weighted by Gasteiger charge is 2.21. The molecule has 2 aromatic rings. The van der Waals surface area contributed by atoms with Crippen molar-refractivity contribution in [1.82, 2.24) is 15.1 Å². The quantitative estimate of drug-likeness (QED) is 0.917. The van der Waals surface area contributed by atoms with Gasteiger partial charge < -0.3 is 9.80 Å². The molecule has 1 saturated heterocycles. The summed E-state index contributed by atoms with van der Waals surface area (Å²) in [5.74, 6) is -0.785. The molecule has 3 rings (SSSR count). The molecule has 1 amide bonds. The van der Waals surface area contributed by atoms with Gasteiger partial charge in [0.1, 0.15) is 10.8 Å². The van der Waals surface area contributed by atoms with Crippen LogP contribution in [-0.4, -0.2) is 54.2 Å². The van der Waals surface area contributed by atoms with Crippen LogP contribution in [0, 0.1) is 5.82 Å². The van der Waals surface area contributed by atoms with E-state index < -0.39 is 5.82 Å². The van der Waals surface area contributed by atoms with Crippen molar-refractivity contribution in [1.29, 1.82) is 0 Å². The molecular formula is C16H20FN5OS. The summed E-state index contributed by atoms with van der Waals surface area (Å²) < 4.78 is 13.7. The van der Waals surface area contributed by atoms with Crippen molar-refractivity contribution in [2.45, 2.75) is 13.3 Å². The Morgan fingerprint density at radius 1 is 1.29 bits per heavy atom. The number of benzene rings is 1. The maximum atomic E-state index is 13.7. The molecule has 0 saturated carbocycles. The average molecular weight is 349 g/mol. The van der Waals surface area contributed by atoms with Gasteiger partial charge >= 0.3 is 0 Å². The van der Waals surface area contributed by atoms with Crippen LogP contribution in [0.4, 0.5) is 15.2 Å². The van der Waals surface area contributed by atoms with Gasteiger partial charge in [-0.2, -0.15) is 0 Å². The lowest BCUT2D eigenvalue weighted by Gasteiger charge is -2.34. The normalized spacial score (nSPS) is 15.5. The fourth-order valence-electron chi connectivity index (χ4n) is 2.62. The van der Waals surface area contributed by atoms with Crippen molar-refractivity contribution in [2.24, 2.45) is 0 Å². The van der Waals surface area contributed by atoms with Gasteiger partial charge in [0.05, 0.1) is 5.56 Å². The number of likely N-dealkylation sites (N-methyl/N-ethyl adjacent to an activating group) is 1. The van der Waals surface area contributed by atoms with E-state index in [2.05, 4.69) is 32.4 Å². The number of carbonyl (C=O) groups excluding carboxylic acids is 1. The number of aromatic nitrogens is 2. The molecule has 0 unspecified atom stereocenters. The summed E-state index contributed by atoms with van der Waals surface area (Å²) in [6.45, 7) is 5.41. The zero-order chi connectivity index (χ0) is 17.1. The number of anilines is 2. The van der Waals surface area contributed by atoms with Crippen molar-refractivity contribution < 1.29 is 9.18 Å². The lowest BCUT2D eigenvalue weighted by molar-refractivity contribution is 0.102. The molecule has 1 aliphatic rings. The smallest absolute Gasteiger partial charge is 0.259 e. The van der Waals surface area contributed by atoms with Gasteiger partial charge in [0, 0.05) is 31.9 Å². The molecule has 1 aliphatic heterocycles. The lowest BCUT2D eigenvalue weighted by Crippen LogP contribution is -2.45. The van der Waals surface area contributed by atoms with Gasteiger partial charge in [0.2, 0.25) is 5.13 Å². The Labute approximate surface area is 144 Å². The van der Waals surface area contributed by atoms with E-state index in [1.807, 2.05) is 6.92 Å². The Morgan fingerprint density at radius 3 is 2.71 bits per heavy atom. The van der Waals surface area contributed by atoms with Crippen molar-refractivity contribution in [3.63, 3.8) is 0 Å². The molecule has 1 aromatic carbocycles. The second-order valence-corrected chi connectivity index (χ2v) is 6.82. The number of nitrogens with one attached hydrogen (secondary N) is 1. The molecule has 0 atom stereocenters. The van der Waals surface area contributed by atoms with Gasteiger partial charge in [-0.25, -0.2) is 4.39 Å². The lowest BCUT2D eigenvalue weighted by atomic mass is 10.1. The summed E-state index contributed by atoms with van der Waals surface area (Å²) in [6.07, 6.45) is 0.764. The van der Waals surface area contributed by atoms with Gasteiger partial charge in [-0.1, -0.05) is 18.3 Å². The minimum Gasteiger partial charge on any atom is -0.368 e. The number of rotatable bonds is 4. The maximum Gasteiger partial charge on any atom is 0.259 e. The Hall–Kier alpha value is -2.06. The summed E-state index contributed by atoms with van der Waals surface area (Å²) in [6, 6.07) is 4.35. The number of hydrogen-bond donors (Lipinski definition) is 1. The van der Waals surface area contributed by atoms with Crippen LogP contribution >= 0.6 is 11.3 Å². The summed E-state index contributed by atoms with van der Waals surface area (Å²) in [5.41, 5.74) is 1.08. The second-order valence-electron chi connectivity index (χ2n) is 5.76. The third kappa shape index (κ3) is 3.70. The fourth-order valence-corrected chi connectivity index (χ4v) is 3.30. The van der Waals surface area contributed by atoms with Gasteiger partial charge in [0.15, 0.2) is 0 Å². The number of carbonyl (C=O) groups is 1. The topological polar surface area (TPSA) is 61.4 Å². The van der Waals surface area contributed by atoms with Gasteiger partial charge in [0.25, 0.3) is 5.91 Å². The number of nitrogens with zero attached hydrogens (tertiary/aromatic N) is 4. The SMILES string of the molecule is CCc1nnc(NC(=O)c2cc(F)ccc2N2CCN(C)CC2)s1. The van der Waals surface area contributed by atoms with Crippen LogP contribution in [0.5, 0.6) is 0 Å². The molecule has 1 aromatic heterocycles. The predicted molar refractivity (Wildman–Crippen MR) is 93.4 cm³/mol. The molecule has 0 spiro atoms. The standard InChI is InChI=1S/C16H20FN5OS/c1-3-14-19-20-16(24-14)18-15(23)12-10-11(17)4-5-13(12)22-8-6-21(2)7-9-22/h4-5,10H,3,6-9H2,1-2H3,(H,18,20,23). The number of hydrogen-bond acceptors (Lipinski definition) is 6. The van der Waals surface area contributed by atoms with Crippen LogP contribution in [0.1, 0.15) is 22.3 Å². The molecule has 0 aliphatic carbocycles. The van der Waals surface area contributed by atoms with E-state index in [0.717, 1.165) is 43.3 Å². The van der Waals surface area contributed by atoms with Crippen molar-refractivity contribution >= 4 is 28.1 Å². The third-order valence-corrected chi connectivity index (χ3v) is 5.02. The number of amides is 1. The second kappa shape index (κ2) is 7.23. The number of aryl methyl sites for hydroxylation is 1. The predicted octanol–water partition coefficient (Wildman–Crippen LogP) is 2.24. The molecule has 128 valence electrons. The van der Waals surface area contributed by atoms with E-state index in [-0.39, 0.29) is 5.91 Å². The molecule has 0 bridgehead atoms. The van der Waals surface area contributed by atoms with Crippen LogP contribution in [0.2, 0.25) is 0 Å². The van der Waals surface area contributed by atoms with E-state index in [0.29, 0.717) is 10.7 Å². The van der Waals surface area contributed by atoms with E-state index in [9.17, 15) is 9.18 Å². The fraction of sp³-hybridized carbons (Fsp3) is 0.438. The first-order valence-corrected chi connectivity index (χ1v) is 8.75. The van der Waals surface area contributed by atoms with Gasteiger partial charge in [-0.15, -0.1) is 10.2 Å². The molecule has 1 N–H and O–H groups in total. The first kappa shape index (κ1) is 16.8. The summed E-state index contributed by atoms with van der Waals surface area (Å²) in [4.78, 5) is 17.0. The molecule has 0 radical (unpaired) electrons. The highest BCUT2D eigenvalue weighted by Crippen LogP contribution is 2.25. The molecule has 8 heteroatoms. The van der Waals surface area contributed by atoms with Crippen LogP contribution in [0.15, 0.2) is 18.2 Å². The van der Waals surface area contributed by atoms with Crippen molar-refractivity contribution in [3.8, 4) is 0 Å². The Kier molecular flexibility index (Phi) is 5.06. The minimum atomic E-state index is -0.426. The Bertz CT molecular complexity index is 727. The van der Waals surface area contributed by atoms with E-state index in [1.165, 1.54) is 23.5 Å². The first-order valence-electron chi connectivity index (χ1n) is 7.93. The van der Waals surface area contributed by atoms with Gasteiger partial charge in [-0.3, -0.25) is 10.1 Å². The first-order chi connectivity index (χ1) is 11.6. The Morgan fingerprint density at radius 2 is 2.04 bits per heavy atom. The van der Waals surface area contributed by atoms with E-state index >= 15 is 0 Å². The number of halogens is 1. The molecule has 6 nitrogen and oxygen atoms in total. The van der Waals surface area contributed by atoms with E-state index in [4.69, 9.17) is 0 Å². The zero-order valence-electron chi connectivity index (χ0n) is 13.8. The van der Waals surface area contributed by atoms with Crippen LogP contribution in [-0.2, 0) is 6.42 Å². The molecule has 24 heavy (non-hydrogen) atoms. The third-order valence-electron chi connectivity index (χ3n) is 4.04. The van der Waals surface area contributed by atoms with Gasteiger partial charge in [-0.05, 0) is 31.7 Å². The van der Waals surface area contributed by atoms with Crippen LogP contribution in [0.3, 0.4) is 0 Å². The van der Waals surface area contributed by atoms with Crippen molar-refractivity contribution in [2.75, 3.05) is 43.4 Å². The van der Waals surface area contributed by atoms with Crippen LogP contribution < -0.4 is 10.2 Å². The Balaban J connectivity index is 1.83. The highest BCUT2D eigenvalue weighted by molar-refractivity contribution is 7.15. The summed E-state index contributed by atoms with van der Waals surface area (Å²) in [5, 5.41) is 11.9. The maximum absolute atomic E-state index is 13.7.